The zero-order chi connectivity index (χ0) is 15.1. The molecule has 0 aliphatic rings. The Morgan fingerprint density at radius 1 is 1.30 bits per heavy atom. The van der Waals surface area contributed by atoms with Gasteiger partial charge in [0.05, 0.1) is 17.9 Å². The Morgan fingerprint density at radius 2 is 1.95 bits per heavy atom. The molecule has 0 atom stereocenters. The second kappa shape index (κ2) is 7.08. The lowest BCUT2D eigenvalue weighted by Gasteiger charge is -2.10. The molecule has 0 saturated carbocycles. The van der Waals surface area contributed by atoms with Gasteiger partial charge in [-0.2, -0.15) is 0 Å². The maximum Gasteiger partial charge on any atom is 0.340 e. The van der Waals surface area contributed by atoms with Crippen molar-refractivity contribution in [3.05, 3.63) is 41.5 Å². The van der Waals surface area contributed by atoms with Gasteiger partial charge in [-0.25, -0.2) is 9.59 Å². The van der Waals surface area contributed by atoms with Gasteiger partial charge in [-0.05, 0) is 26.0 Å². The molecule has 0 heterocycles. The molecule has 6 heteroatoms. The van der Waals surface area contributed by atoms with E-state index in [-0.39, 0.29) is 23.4 Å². The summed E-state index contributed by atoms with van der Waals surface area (Å²) >= 11 is 0. The van der Waals surface area contributed by atoms with Gasteiger partial charge in [-0.3, -0.25) is 4.79 Å². The molecular weight excluding hydrogens is 262 g/mol. The second-order valence-corrected chi connectivity index (χ2v) is 3.89. The summed E-state index contributed by atoms with van der Waals surface area (Å²) in [7, 11) is 0. The predicted molar refractivity (Wildman–Crippen MR) is 72.4 cm³/mol. The fourth-order valence-corrected chi connectivity index (χ4v) is 1.45. The van der Waals surface area contributed by atoms with Gasteiger partial charge in [0.25, 0.3) is 5.91 Å². The Balaban J connectivity index is 2.96. The highest BCUT2D eigenvalue weighted by atomic mass is 16.5. The number of esters is 1. The van der Waals surface area contributed by atoms with Gasteiger partial charge in [0, 0.05) is 11.6 Å². The van der Waals surface area contributed by atoms with Crippen LogP contribution in [0.1, 0.15) is 24.2 Å². The SMILES string of the molecule is CCOC(=O)c1ccccc1NC(=O)/C(C)=C/C(=O)O. The van der Waals surface area contributed by atoms with E-state index in [4.69, 9.17) is 9.84 Å². The van der Waals surface area contributed by atoms with Crippen molar-refractivity contribution in [2.24, 2.45) is 0 Å². The average Bonchev–Trinajstić information content (AvgIpc) is 2.38. The van der Waals surface area contributed by atoms with E-state index in [1.807, 2.05) is 0 Å². The lowest BCUT2D eigenvalue weighted by atomic mass is 10.1. The van der Waals surface area contributed by atoms with E-state index < -0.39 is 17.8 Å². The molecule has 20 heavy (non-hydrogen) atoms. The van der Waals surface area contributed by atoms with E-state index >= 15 is 0 Å². The molecule has 0 unspecified atom stereocenters. The lowest BCUT2D eigenvalue weighted by Crippen LogP contribution is -2.17. The molecule has 0 aliphatic carbocycles. The summed E-state index contributed by atoms with van der Waals surface area (Å²) in [6.07, 6.45) is 0.794. The van der Waals surface area contributed by atoms with Gasteiger partial charge in [-0.1, -0.05) is 12.1 Å². The number of carbonyl (C=O) groups is 3. The molecule has 6 nitrogen and oxygen atoms in total. The Kier molecular flexibility index (Phi) is 5.46. The molecule has 1 rings (SSSR count). The highest BCUT2D eigenvalue weighted by molar-refractivity contribution is 6.09. The summed E-state index contributed by atoms with van der Waals surface area (Å²) in [5, 5.41) is 11.1. The third-order valence-electron chi connectivity index (χ3n) is 2.37. The lowest BCUT2D eigenvalue weighted by molar-refractivity contribution is -0.131. The normalized spacial score (nSPS) is 10.8. The number of rotatable bonds is 5. The van der Waals surface area contributed by atoms with Crippen molar-refractivity contribution in [1.82, 2.24) is 0 Å². The van der Waals surface area contributed by atoms with E-state index in [1.54, 1.807) is 19.1 Å². The first-order chi connectivity index (χ1) is 9.45. The van der Waals surface area contributed by atoms with Crippen molar-refractivity contribution in [3.63, 3.8) is 0 Å². The topological polar surface area (TPSA) is 92.7 Å². The monoisotopic (exact) mass is 277 g/mol. The summed E-state index contributed by atoms with van der Waals surface area (Å²) < 4.78 is 4.88. The first-order valence-corrected chi connectivity index (χ1v) is 5.94. The molecule has 0 saturated heterocycles. The fourth-order valence-electron chi connectivity index (χ4n) is 1.45. The molecule has 0 spiro atoms. The Labute approximate surface area is 116 Å². The number of para-hydroxylation sites is 1. The Bertz CT molecular complexity index is 562. The number of benzene rings is 1. The van der Waals surface area contributed by atoms with Gasteiger partial charge in [0.2, 0.25) is 0 Å². The van der Waals surface area contributed by atoms with E-state index in [9.17, 15) is 14.4 Å². The maximum absolute atomic E-state index is 11.8. The predicted octanol–water partition coefficient (Wildman–Crippen LogP) is 1.83. The minimum atomic E-state index is -1.21. The summed E-state index contributed by atoms with van der Waals surface area (Å²) in [4.78, 5) is 34.0. The van der Waals surface area contributed by atoms with E-state index in [1.165, 1.54) is 19.1 Å². The Morgan fingerprint density at radius 3 is 2.55 bits per heavy atom. The van der Waals surface area contributed by atoms with Crippen molar-refractivity contribution < 1.29 is 24.2 Å². The van der Waals surface area contributed by atoms with Crippen LogP contribution in [0.5, 0.6) is 0 Å². The fraction of sp³-hybridized carbons (Fsp3) is 0.214. The smallest absolute Gasteiger partial charge is 0.340 e. The second-order valence-electron chi connectivity index (χ2n) is 3.89. The quantitative estimate of drug-likeness (QED) is 0.632. The van der Waals surface area contributed by atoms with Crippen LogP contribution >= 0.6 is 0 Å². The number of hydrogen-bond donors (Lipinski definition) is 2. The number of amides is 1. The summed E-state index contributed by atoms with van der Waals surface area (Å²) in [5.41, 5.74) is 0.510. The zero-order valence-corrected chi connectivity index (χ0v) is 11.2. The first-order valence-electron chi connectivity index (χ1n) is 5.94. The number of carboxylic acid groups (broad SMARTS) is 1. The van der Waals surface area contributed by atoms with E-state index in [0.29, 0.717) is 0 Å². The third-order valence-corrected chi connectivity index (χ3v) is 2.37. The molecule has 1 amide bonds. The molecule has 1 aromatic carbocycles. The number of nitrogens with one attached hydrogen (secondary N) is 1. The van der Waals surface area contributed by atoms with E-state index in [2.05, 4.69) is 5.32 Å². The first kappa shape index (κ1) is 15.4. The highest BCUT2D eigenvalue weighted by Gasteiger charge is 2.14. The molecule has 0 aromatic heterocycles. The van der Waals surface area contributed by atoms with Crippen LogP contribution < -0.4 is 5.32 Å². The van der Waals surface area contributed by atoms with Gasteiger partial charge >= 0.3 is 11.9 Å². The molecule has 0 bridgehead atoms. The number of aliphatic carboxylic acids is 1. The van der Waals surface area contributed by atoms with Crippen LogP contribution in [-0.2, 0) is 14.3 Å². The van der Waals surface area contributed by atoms with Crippen LogP contribution in [0.15, 0.2) is 35.9 Å². The van der Waals surface area contributed by atoms with Crippen molar-refractivity contribution in [3.8, 4) is 0 Å². The number of hydrogen-bond acceptors (Lipinski definition) is 4. The van der Waals surface area contributed by atoms with Gasteiger partial charge < -0.3 is 15.2 Å². The van der Waals surface area contributed by atoms with Crippen molar-refractivity contribution in [1.29, 1.82) is 0 Å². The minimum Gasteiger partial charge on any atom is -0.478 e. The third kappa shape index (κ3) is 4.24. The van der Waals surface area contributed by atoms with Gasteiger partial charge in [0.15, 0.2) is 0 Å². The summed E-state index contributed by atoms with van der Waals surface area (Å²) in [6.45, 7) is 3.27. The molecular formula is C14H15NO5. The number of carboxylic acids is 1. The molecule has 2 N–H and O–H groups in total. The zero-order valence-electron chi connectivity index (χ0n) is 11.2. The number of anilines is 1. The number of carbonyl (C=O) groups excluding carboxylic acids is 2. The largest absolute Gasteiger partial charge is 0.478 e. The van der Waals surface area contributed by atoms with Crippen LogP contribution in [-0.4, -0.2) is 29.6 Å². The molecule has 1 aromatic rings. The molecule has 0 aliphatic heterocycles. The standard InChI is InChI=1S/C14H15NO5/c1-3-20-14(19)10-6-4-5-7-11(10)15-13(18)9(2)8-12(16)17/h4-8H,3H2,1-2H3,(H,15,18)(H,16,17)/b9-8+. The van der Waals surface area contributed by atoms with E-state index in [0.717, 1.165) is 6.08 Å². The Hall–Kier alpha value is -2.63. The van der Waals surface area contributed by atoms with Crippen molar-refractivity contribution in [2.45, 2.75) is 13.8 Å². The maximum atomic E-state index is 11.8. The summed E-state index contributed by atoms with van der Waals surface area (Å²) in [5.74, 6) is -2.36. The van der Waals surface area contributed by atoms with Crippen LogP contribution in [0.2, 0.25) is 0 Å². The summed E-state index contributed by atoms with van der Waals surface area (Å²) in [6, 6.07) is 6.35. The van der Waals surface area contributed by atoms with Crippen LogP contribution in [0.3, 0.4) is 0 Å². The van der Waals surface area contributed by atoms with Crippen molar-refractivity contribution >= 4 is 23.5 Å². The number of ether oxygens (including phenoxy) is 1. The van der Waals surface area contributed by atoms with Crippen molar-refractivity contribution in [2.75, 3.05) is 11.9 Å². The average molecular weight is 277 g/mol. The van der Waals surface area contributed by atoms with Crippen LogP contribution in [0, 0.1) is 0 Å². The van der Waals surface area contributed by atoms with Crippen LogP contribution in [0.25, 0.3) is 0 Å². The van der Waals surface area contributed by atoms with Crippen LogP contribution in [0.4, 0.5) is 5.69 Å². The minimum absolute atomic E-state index is 0.0242. The molecule has 106 valence electrons. The van der Waals surface area contributed by atoms with Gasteiger partial charge in [0.1, 0.15) is 0 Å². The highest BCUT2D eigenvalue weighted by Crippen LogP contribution is 2.17. The van der Waals surface area contributed by atoms with Gasteiger partial charge in [-0.15, -0.1) is 0 Å². The molecule has 0 fully saturated rings. The molecule has 0 radical (unpaired) electrons.